The number of isocyanates is 1. The molecule has 0 aromatic heterocycles. The van der Waals surface area contributed by atoms with E-state index >= 15 is 0 Å². The summed E-state index contributed by atoms with van der Waals surface area (Å²) in [4.78, 5) is 12.2. The van der Waals surface area contributed by atoms with Crippen molar-refractivity contribution in [2.45, 2.75) is 40.4 Å². The van der Waals surface area contributed by atoms with Crippen molar-refractivity contribution in [2.24, 2.45) is 10.7 Å². The molecule has 1 saturated heterocycles. The van der Waals surface area contributed by atoms with E-state index < -0.39 is 21.8 Å². The third-order valence-electron chi connectivity index (χ3n) is 6.26. The van der Waals surface area contributed by atoms with Crippen LogP contribution in [0.3, 0.4) is 0 Å². The molecule has 1 heterocycles. The number of nitrogens with zero attached hydrogens (tertiary/aromatic N) is 3. The van der Waals surface area contributed by atoms with E-state index in [0.29, 0.717) is 29.1 Å². The summed E-state index contributed by atoms with van der Waals surface area (Å²) >= 11 is 45.3. The number of methoxy groups -OCH3 is 1. The van der Waals surface area contributed by atoms with Gasteiger partial charge in [-0.2, -0.15) is 10.5 Å². The quantitative estimate of drug-likeness (QED) is 0.0851. The van der Waals surface area contributed by atoms with Gasteiger partial charge in [-0.25, -0.2) is 9.79 Å². The predicted molar refractivity (Wildman–Crippen MR) is 276 cm³/mol. The van der Waals surface area contributed by atoms with Crippen molar-refractivity contribution in [3.05, 3.63) is 136 Å². The summed E-state index contributed by atoms with van der Waals surface area (Å²) in [5.41, 5.74) is 11.0. The third-order valence-corrected chi connectivity index (χ3v) is 7.77. The Morgan fingerprint density at radius 1 is 0.742 bits per heavy atom. The summed E-state index contributed by atoms with van der Waals surface area (Å²) in [6.45, 7) is 2.84. The fraction of sp³-hybridized carbons (Fsp3) is 0.308. The van der Waals surface area contributed by atoms with Crippen LogP contribution in [-0.2, 0) is 29.9 Å². The molecule has 5 rings (SSSR count). The first-order valence-corrected chi connectivity index (χ1v) is 43.7. The van der Waals surface area contributed by atoms with Crippen molar-refractivity contribution in [1.82, 2.24) is 0 Å². The molecule has 346 valence electrons. The zero-order chi connectivity index (χ0) is 49.0. The van der Waals surface area contributed by atoms with Gasteiger partial charge in [-0.1, -0.05) is 89.3 Å². The van der Waals surface area contributed by atoms with E-state index in [9.17, 15) is 4.79 Å². The second kappa shape index (κ2) is 37.4. The molecule has 0 aliphatic carbocycles. The van der Waals surface area contributed by atoms with Gasteiger partial charge in [0.1, 0.15) is 20.3 Å². The second-order valence-corrected chi connectivity index (χ2v) is 78.5. The van der Waals surface area contributed by atoms with Crippen molar-refractivity contribution in [2.75, 3.05) is 30.6 Å². The molecule has 0 unspecified atom stereocenters. The van der Waals surface area contributed by atoms with Gasteiger partial charge in [-0.3, -0.25) is 0 Å². The number of nitriles is 2. The van der Waals surface area contributed by atoms with Crippen LogP contribution in [-0.4, -0.2) is 36.6 Å². The molecular formula is C39H41Cl14IN4O3W. The van der Waals surface area contributed by atoms with Crippen LogP contribution in [0.15, 0.2) is 102 Å². The molecule has 7 nitrogen and oxygen atoms in total. The van der Waals surface area contributed by atoms with E-state index in [4.69, 9.17) is 176 Å². The number of carbonyl (C=O) groups excluding carboxylic acids is 1. The molecule has 1 aliphatic rings. The molecule has 2 N–H and O–H groups in total. The monoisotopic (exact) mass is 1410 g/mol. The van der Waals surface area contributed by atoms with Crippen LogP contribution in [0.2, 0.25) is 0 Å². The van der Waals surface area contributed by atoms with Gasteiger partial charge in [0.15, 0.2) is 0 Å². The van der Waals surface area contributed by atoms with Crippen molar-refractivity contribution >= 4 is 178 Å². The summed E-state index contributed by atoms with van der Waals surface area (Å²) in [6.07, 6.45) is 4.03. The zero-order valence-electron chi connectivity index (χ0n) is 33.3. The van der Waals surface area contributed by atoms with E-state index in [-0.39, 0.29) is 5.34 Å². The number of nitrogens with two attached hydrogens (primary N) is 1. The van der Waals surface area contributed by atoms with Gasteiger partial charge in [0.25, 0.3) is 0 Å². The SMILES string of the molecule is C1CCOC1.COc1cccc(C#N)c1.ClCCl.N#Cc1cccc(C(Cl)Cl)c1.NCc1cccc(C(Cl)Cl)c1.O=C=NCc1cccc(C(Cl)Cl)c1.[2H]CI.[Cl][W]([Cl])([Cl])([Cl])([Cl])[Cl]. The van der Waals surface area contributed by atoms with Gasteiger partial charge in [-0.15, -0.1) is 92.8 Å². The molecule has 62 heavy (non-hydrogen) atoms. The molecule has 0 atom stereocenters. The number of hydrogen-bond acceptors (Lipinski definition) is 7. The summed E-state index contributed by atoms with van der Waals surface area (Å²) in [6, 6.07) is 32.9. The zero-order valence-corrected chi connectivity index (χ0v) is 48.0. The maximum atomic E-state index is 9.85. The van der Waals surface area contributed by atoms with E-state index in [2.05, 4.69) is 4.99 Å². The Balaban J connectivity index is -0.000000679. The molecule has 0 radical (unpaired) electrons. The Morgan fingerprint density at radius 3 is 1.47 bits per heavy atom. The first-order valence-electron chi connectivity index (χ1n) is 17.4. The molecule has 4 aromatic carbocycles. The minimum absolute atomic E-state index is 0.194. The van der Waals surface area contributed by atoms with E-state index in [0.717, 1.165) is 46.8 Å². The van der Waals surface area contributed by atoms with Crippen LogP contribution in [0.5, 0.6) is 5.75 Å². The van der Waals surface area contributed by atoms with Crippen LogP contribution in [0, 0.1) is 22.7 Å². The van der Waals surface area contributed by atoms with Crippen molar-refractivity contribution < 1.29 is 23.0 Å². The Labute approximate surface area is 441 Å². The number of ether oxygens (including phenoxy) is 2. The summed E-state index contributed by atoms with van der Waals surface area (Å²) in [7, 11) is 26.5. The number of aliphatic imine (C=N–C) groups is 1. The average Bonchev–Trinajstić information content (AvgIpc) is 3.84. The number of halogens is 15. The fourth-order valence-corrected chi connectivity index (χ4v) is 4.57. The van der Waals surface area contributed by atoms with Crippen LogP contribution in [0.25, 0.3) is 0 Å². The first-order chi connectivity index (χ1) is 29.4. The van der Waals surface area contributed by atoms with Gasteiger partial charge in [0.2, 0.25) is 6.08 Å². The van der Waals surface area contributed by atoms with E-state index in [1.165, 1.54) is 18.9 Å². The second-order valence-electron chi connectivity index (χ2n) is 10.9. The number of benzene rings is 4. The Bertz CT molecular complexity index is 1950. The number of hydrogen-bond donors (Lipinski definition) is 1. The molecule has 1 aliphatic heterocycles. The van der Waals surface area contributed by atoms with Crippen LogP contribution in [0.4, 0.5) is 0 Å². The Hall–Kier alpha value is 0.438. The molecule has 0 spiro atoms. The molecule has 23 heteroatoms. The molecule has 0 bridgehead atoms. The van der Waals surface area contributed by atoms with E-state index in [1.54, 1.807) is 55.6 Å². The van der Waals surface area contributed by atoms with Crippen molar-refractivity contribution in [1.29, 1.82) is 10.5 Å². The Morgan fingerprint density at radius 2 is 1.11 bits per heavy atom. The predicted octanol–water partition coefficient (Wildman–Crippen LogP) is 17.6. The normalized spacial score (nSPS) is 12.1. The topological polar surface area (TPSA) is 121 Å². The molecular weight excluding hydrogens is 1380 g/mol. The van der Waals surface area contributed by atoms with Crippen LogP contribution >= 0.6 is 172 Å². The molecule has 4 aromatic rings. The van der Waals surface area contributed by atoms with E-state index in [1.807, 2.05) is 83.3 Å². The maximum absolute atomic E-state index is 9.85. The minimum atomic E-state index is -5.47. The summed E-state index contributed by atoms with van der Waals surface area (Å²) in [5.74, 6) is 0.721. The van der Waals surface area contributed by atoms with Gasteiger partial charge >= 0.3 is 63.8 Å². The number of rotatable bonds is 7. The van der Waals surface area contributed by atoms with Gasteiger partial charge in [0, 0.05) is 21.1 Å². The van der Waals surface area contributed by atoms with Crippen LogP contribution in [0.1, 0.15) is 67.7 Å². The number of alkyl halides is 9. The van der Waals surface area contributed by atoms with Crippen molar-refractivity contribution in [3.8, 4) is 17.9 Å². The van der Waals surface area contributed by atoms with Gasteiger partial charge in [-0.05, 0) is 75.9 Å². The first kappa shape index (κ1) is 64.5. The molecule has 0 amide bonds. The van der Waals surface area contributed by atoms with Gasteiger partial charge < -0.3 is 15.2 Å². The molecule has 1 fully saturated rings. The standard InChI is InChI=1S/C9H7Cl2NO.C8H9Cl2N.C8H5Cl2N.C8H7NO.C4H8O.CH2Cl2.CH3I.6ClH.W/c10-9(11)8-3-1-2-7(4-8)5-12-6-13;2*9-8(10)7-3-1-2-6(4-7)5-11;1-10-8-4-2-3-7(5-8)6-9;1-2-4-5-3-1;2-1-3;1-2;;;;;;;/h1-4,9H,5H2;1-4,8H,5,11H2;1-4,8H;2-5H,1H3;1-4H2;1H2;1H3;6*1H;/q;;;;;;;;;;;;;+6/p-6/i;;;;;;1D;;;;;;;. The average molecular weight is 1420 g/mol. The summed E-state index contributed by atoms with van der Waals surface area (Å²) < 4.78 is 16.0. The van der Waals surface area contributed by atoms with Crippen LogP contribution < -0.4 is 10.5 Å². The fourth-order valence-electron chi connectivity index (χ4n) is 3.75. The Kier molecular flexibility index (Phi) is 38.9. The third kappa shape index (κ3) is 44.3. The molecule has 0 saturated carbocycles. The van der Waals surface area contributed by atoms with Crippen molar-refractivity contribution in [3.63, 3.8) is 0 Å². The summed E-state index contributed by atoms with van der Waals surface area (Å²) in [5, 5.41) is 17.2. The van der Waals surface area contributed by atoms with Gasteiger partial charge in [0.05, 0.1) is 42.3 Å².